The summed E-state index contributed by atoms with van der Waals surface area (Å²) in [6.07, 6.45) is 0. The molecule has 0 fully saturated rings. The van der Waals surface area contributed by atoms with Crippen molar-refractivity contribution in [3.63, 3.8) is 0 Å². The molecule has 0 spiro atoms. The third-order valence-electron chi connectivity index (χ3n) is 1.01. The molecule has 0 radical (unpaired) electrons. The Morgan fingerprint density at radius 2 is 1.67 bits per heavy atom. The maximum atomic E-state index is 10.5. The van der Waals surface area contributed by atoms with Crippen molar-refractivity contribution in [3.05, 3.63) is 0 Å². The Labute approximate surface area is 68.4 Å². The van der Waals surface area contributed by atoms with Gasteiger partial charge in [-0.1, -0.05) is 0 Å². The smallest absolute Gasteiger partial charge is 0.321 e. The monoisotopic (exact) mass is 219 g/mol. The van der Waals surface area contributed by atoms with Crippen LogP contribution >= 0.6 is 15.5 Å². The first-order valence-corrected chi connectivity index (χ1v) is 6.09. The maximum absolute atomic E-state index is 10.5. The van der Waals surface area contributed by atoms with E-state index < -0.39 is 26.7 Å². The summed E-state index contributed by atoms with van der Waals surface area (Å²) in [6.45, 7) is 0.751. The molecule has 0 heterocycles. The van der Waals surface area contributed by atoms with Crippen LogP contribution < -0.4 is 0 Å². The number of hydrogen-bond acceptors (Lipinski definition) is 5. The minimum absolute atomic E-state index is 0.751. The molecule has 0 aliphatic heterocycles. The van der Waals surface area contributed by atoms with E-state index in [1.807, 2.05) is 0 Å². The van der Waals surface area contributed by atoms with Crippen molar-refractivity contribution in [1.29, 1.82) is 0 Å². The quantitative estimate of drug-likeness (QED) is 0.377. The zero-order valence-corrected chi connectivity index (χ0v) is 7.81. The van der Waals surface area contributed by atoms with Gasteiger partial charge in [-0.15, -0.1) is 0 Å². The molecule has 0 aromatic heterocycles. The first-order chi connectivity index (χ1) is 5.07. The fourth-order valence-corrected chi connectivity index (χ4v) is 3.26. The predicted molar refractivity (Wildman–Crippen MR) is 40.1 cm³/mol. The molecule has 9 heteroatoms. The summed E-state index contributed by atoms with van der Waals surface area (Å²) in [6, 6.07) is 0. The number of rotatable bonds is 3. The topological polar surface area (TPSA) is 135 Å². The molecule has 0 saturated heterocycles. The summed E-state index contributed by atoms with van der Waals surface area (Å²) in [5, 5.41) is -2.41. The van der Waals surface area contributed by atoms with Gasteiger partial charge in [-0.3, -0.25) is 9.36 Å². The van der Waals surface area contributed by atoms with E-state index in [0.29, 0.717) is 0 Å². The molecule has 0 rings (SSSR count). The van der Waals surface area contributed by atoms with Crippen molar-refractivity contribution < 1.29 is 33.8 Å². The van der Waals surface area contributed by atoms with Gasteiger partial charge in [0.15, 0.2) is 5.78 Å². The van der Waals surface area contributed by atoms with E-state index in [9.17, 15) is 9.36 Å². The van der Waals surface area contributed by atoms with Crippen molar-refractivity contribution >= 4 is 21.3 Å². The Kier molecular flexibility index (Phi) is 3.51. The van der Waals surface area contributed by atoms with Gasteiger partial charge in [0.05, 0.1) is 0 Å². The number of carbonyl (C=O) groups is 1. The van der Waals surface area contributed by atoms with Gasteiger partial charge in [-0.05, 0) is 6.92 Å². The van der Waals surface area contributed by atoms with E-state index in [2.05, 4.69) is 0 Å². The summed E-state index contributed by atoms with van der Waals surface area (Å²) < 4.78 is 10.4. The lowest BCUT2D eigenvalue weighted by Gasteiger charge is -2.14. The molecule has 1 atom stereocenters. The third kappa shape index (κ3) is 3.25. The number of hydrogen-bond donors (Lipinski definition) is 5. The Morgan fingerprint density at radius 1 is 1.33 bits per heavy atom. The van der Waals surface area contributed by atoms with E-state index in [-0.39, 0.29) is 0 Å². The van der Waals surface area contributed by atoms with Crippen molar-refractivity contribution in [1.82, 2.24) is 0 Å². The highest BCUT2D eigenvalue weighted by Gasteiger charge is 2.57. The average Bonchev–Trinajstić information content (AvgIpc) is 1.49. The molecular weight excluding hydrogens is 210 g/mol. The summed E-state index contributed by atoms with van der Waals surface area (Å²) in [5.74, 6) is -1.16. The van der Waals surface area contributed by atoms with Gasteiger partial charge in [-0.25, -0.2) is 0 Å². The van der Waals surface area contributed by atoms with E-state index in [1.54, 1.807) is 0 Å². The van der Waals surface area contributed by atoms with Gasteiger partial charge >= 0.3 is 20.9 Å². The summed E-state index contributed by atoms with van der Waals surface area (Å²) in [5.41, 5.74) is 0. The van der Waals surface area contributed by atoms with Gasteiger partial charge < -0.3 is 9.79 Å². The van der Waals surface area contributed by atoms with Crippen LogP contribution in [0.3, 0.4) is 0 Å². The minimum atomic E-state index is -5.00. The normalized spacial score (nSPS) is 15.8. The van der Waals surface area contributed by atoms with Gasteiger partial charge in [0.1, 0.15) is 0 Å². The molecule has 0 aliphatic rings. The van der Waals surface area contributed by atoms with E-state index in [0.717, 1.165) is 6.92 Å². The van der Waals surface area contributed by atoms with Gasteiger partial charge in [0, 0.05) is 0 Å². The highest BCUT2D eigenvalue weighted by Crippen LogP contribution is 2.65. The summed E-state index contributed by atoms with van der Waals surface area (Å²) >= 11 is 0. The van der Waals surface area contributed by atoms with E-state index in [4.69, 9.17) is 24.5 Å². The van der Waals surface area contributed by atoms with Crippen LogP contribution in [0.15, 0.2) is 0 Å². The Balaban J connectivity index is 4.96. The Hall–Kier alpha value is 0.130. The Bertz CT molecular complexity index is 223. The number of Topliss-reactive ketones (excluding diaryl/α,β-unsaturated/α-hetero) is 1. The molecular formula is C3H9O7P2+. The zero-order valence-electron chi connectivity index (χ0n) is 6.02. The van der Waals surface area contributed by atoms with Crippen LogP contribution in [0.25, 0.3) is 0 Å². The number of carbonyl (C=O) groups excluding carboxylic acids is 1. The van der Waals surface area contributed by atoms with Crippen LogP contribution in [0.5, 0.6) is 0 Å². The Morgan fingerprint density at radius 3 is 1.67 bits per heavy atom. The van der Waals surface area contributed by atoms with Crippen molar-refractivity contribution in [2.75, 3.05) is 0 Å². The van der Waals surface area contributed by atoms with Crippen molar-refractivity contribution in [2.45, 2.75) is 12.3 Å². The van der Waals surface area contributed by atoms with Crippen LogP contribution in [0.2, 0.25) is 0 Å². The number of ketones is 1. The second-order valence-corrected chi connectivity index (χ2v) is 6.04. The maximum Gasteiger partial charge on any atom is 0.427 e. The molecule has 12 heavy (non-hydrogen) atoms. The SMILES string of the molecule is CC(=O)C(P(=O)(O)O)[P+](O)(O)O. The highest BCUT2D eigenvalue weighted by atomic mass is 31.3. The van der Waals surface area contributed by atoms with Crippen molar-refractivity contribution in [3.8, 4) is 0 Å². The summed E-state index contributed by atoms with van der Waals surface area (Å²) in [4.78, 5) is 52.8. The first kappa shape index (κ1) is 12.1. The van der Waals surface area contributed by atoms with E-state index in [1.165, 1.54) is 0 Å². The van der Waals surface area contributed by atoms with E-state index >= 15 is 0 Å². The van der Waals surface area contributed by atoms with Gasteiger partial charge in [0.25, 0.3) is 0 Å². The zero-order chi connectivity index (χ0) is 10.2. The lowest BCUT2D eigenvalue weighted by Crippen LogP contribution is -2.21. The third-order valence-corrected chi connectivity index (χ3v) is 4.86. The fraction of sp³-hybridized carbons (Fsp3) is 0.667. The van der Waals surface area contributed by atoms with Crippen LogP contribution in [0.4, 0.5) is 0 Å². The molecule has 5 N–H and O–H groups in total. The lowest BCUT2D eigenvalue weighted by molar-refractivity contribution is -0.115. The lowest BCUT2D eigenvalue weighted by atomic mass is 10.5. The molecule has 0 amide bonds. The summed E-state index contributed by atoms with van der Waals surface area (Å²) in [7, 11) is -9.82. The highest BCUT2D eigenvalue weighted by molar-refractivity contribution is 7.75. The van der Waals surface area contributed by atoms with Gasteiger partial charge in [-0.2, -0.15) is 14.7 Å². The molecule has 0 aliphatic carbocycles. The molecule has 0 aromatic carbocycles. The largest absolute Gasteiger partial charge is 0.427 e. The van der Waals surface area contributed by atoms with Crippen LogP contribution in [-0.4, -0.2) is 35.7 Å². The molecule has 0 bridgehead atoms. The van der Waals surface area contributed by atoms with Crippen LogP contribution in [0, 0.1) is 0 Å². The molecule has 72 valence electrons. The first-order valence-electron chi connectivity index (χ1n) is 2.69. The second-order valence-electron chi connectivity index (χ2n) is 2.19. The fourth-order valence-electron chi connectivity index (χ4n) is 0.683. The standard InChI is InChI=1S/C3H8O7P2/c1-2(4)3(11(5,6)7)12(8,9)10/h3,5-7H,1H3,(H-,8,9,10)/p+1. The van der Waals surface area contributed by atoms with Crippen LogP contribution in [-0.2, 0) is 9.36 Å². The molecule has 1 unspecified atom stereocenters. The molecule has 0 saturated carbocycles. The van der Waals surface area contributed by atoms with Crippen molar-refractivity contribution in [2.24, 2.45) is 0 Å². The minimum Gasteiger partial charge on any atom is -0.321 e. The average molecular weight is 219 g/mol. The predicted octanol–water partition coefficient (Wildman–Crippen LogP) is -1.18. The van der Waals surface area contributed by atoms with Crippen LogP contribution in [0.1, 0.15) is 6.92 Å². The van der Waals surface area contributed by atoms with Gasteiger partial charge in [0.2, 0.25) is 0 Å². The second kappa shape index (κ2) is 3.47. The molecule has 7 nitrogen and oxygen atoms in total. The molecule has 0 aromatic rings.